The number of carbonyl (C=O) groups is 2. The molecule has 1 aromatic rings. The molecule has 0 saturated carbocycles. The number of amides is 1. The Morgan fingerprint density at radius 3 is 2.48 bits per heavy atom. The normalized spacial score (nSPS) is 10.7. The molecule has 0 bridgehead atoms. The van der Waals surface area contributed by atoms with Crippen molar-refractivity contribution in [1.82, 2.24) is 4.90 Å². The van der Waals surface area contributed by atoms with E-state index >= 15 is 0 Å². The average Bonchev–Trinajstić information content (AvgIpc) is 2.41. The Labute approximate surface area is 130 Å². The van der Waals surface area contributed by atoms with E-state index in [9.17, 15) is 9.59 Å². The summed E-state index contributed by atoms with van der Waals surface area (Å²) >= 11 is 6.08. The Balaban J connectivity index is 2.53. The molecule has 1 amide bonds. The van der Waals surface area contributed by atoms with Crippen LogP contribution in [-0.2, 0) is 16.0 Å². The standard InChI is InChI=1S/C16H22ClNO3/c1-12(2)18(11-5-8-16(20)21)15(19)10-9-13-6-3-4-7-14(13)17/h3-4,6-7,12H,5,8-11H2,1-2H3,(H,20,21). The molecule has 0 heterocycles. The summed E-state index contributed by atoms with van der Waals surface area (Å²) in [6.45, 7) is 4.35. The smallest absolute Gasteiger partial charge is 0.303 e. The van der Waals surface area contributed by atoms with Crippen molar-refractivity contribution in [2.45, 2.75) is 45.6 Å². The van der Waals surface area contributed by atoms with Gasteiger partial charge in [0.05, 0.1) is 0 Å². The molecule has 0 radical (unpaired) electrons. The van der Waals surface area contributed by atoms with Crippen LogP contribution in [0.4, 0.5) is 0 Å². The summed E-state index contributed by atoms with van der Waals surface area (Å²) in [7, 11) is 0. The first-order valence-electron chi connectivity index (χ1n) is 7.16. The molecule has 5 heteroatoms. The van der Waals surface area contributed by atoms with E-state index in [0.29, 0.717) is 30.8 Å². The Bertz CT molecular complexity index is 488. The van der Waals surface area contributed by atoms with Crippen molar-refractivity contribution in [2.75, 3.05) is 6.54 Å². The van der Waals surface area contributed by atoms with Gasteiger partial charge in [-0.1, -0.05) is 29.8 Å². The van der Waals surface area contributed by atoms with Gasteiger partial charge in [-0.15, -0.1) is 0 Å². The van der Waals surface area contributed by atoms with Crippen LogP contribution in [-0.4, -0.2) is 34.5 Å². The van der Waals surface area contributed by atoms with E-state index in [1.165, 1.54) is 0 Å². The van der Waals surface area contributed by atoms with Crippen LogP contribution in [0.5, 0.6) is 0 Å². The first-order valence-corrected chi connectivity index (χ1v) is 7.54. The predicted molar refractivity (Wildman–Crippen MR) is 83.5 cm³/mol. The lowest BCUT2D eigenvalue weighted by Gasteiger charge is -2.26. The predicted octanol–water partition coefficient (Wildman–Crippen LogP) is 3.37. The maximum atomic E-state index is 12.3. The highest BCUT2D eigenvalue weighted by molar-refractivity contribution is 6.31. The van der Waals surface area contributed by atoms with Crippen LogP contribution in [0.25, 0.3) is 0 Å². The summed E-state index contributed by atoms with van der Waals surface area (Å²) in [5, 5.41) is 9.34. The van der Waals surface area contributed by atoms with Crippen molar-refractivity contribution in [1.29, 1.82) is 0 Å². The van der Waals surface area contributed by atoms with Crippen molar-refractivity contribution in [3.63, 3.8) is 0 Å². The van der Waals surface area contributed by atoms with Crippen molar-refractivity contribution >= 4 is 23.5 Å². The summed E-state index contributed by atoms with van der Waals surface area (Å²) in [4.78, 5) is 24.6. The van der Waals surface area contributed by atoms with Gasteiger partial charge in [-0.25, -0.2) is 0 Å². The summed E-state index contributed by atoms with van der Waals surface area (Å²) < 4.78 is 0. The zero-order chi connectivity index (χ0) is 15.8. The van der Waals surface area contributed by atoms with Crippen LogP contribution in [0.2, 0.25) is 5.02 Å². The van der Waals surface area contributed by atoms with Gasteiger partial charge in [-0.05, 0) is 38.3 Å². The number of carboxylic acid groups (broad SMARTS) is 1. The molecule has 0 unspecified atom stereocenters. The first-order chi connectivity index (χ1) is 9.91. The third-order valence-electron chi connectivity index (χ3n) is 3.30. The highest BCUT2D eigenvalue weighted by Crippen LogP contribution is 2.17. The molecule has 1 aromatic carbocycles. The van der Waals surface area contributed by atoms with Gasteiger partial charge in [0.25, 0.3) is 0 Å². The van der Waals surface area contributed by atoms with Gasteiger partial charge in [-0.3, -0.25) is 9.59 Å². The second-order valence-electron chi connectivity index (χ2n) is 5.27. The molecule has 0 aromatic heterocycles. The number of rotatable bonds is 8. The van der Waals surface area contributed by atoms with Crippen molar-refractivity contribution in [3.8, 4) is 0 Å². The first kappa shape index (κ1) is 17.5. The maximum Gasteiger partial charge on any atom is 0.303 e. The lowest BCUT2D eigenvalue weighted by Crippen LogP contribution is -2.38. The van der Waals surface area contributed by atoms with Gasteiger partial charge in [0.2, 0.25) is 5.91 Å². The Morgan fingerprint density at radius 1 is 1.24 bits per heavy atom. The highest BCUT2D eigenvalue weighted by Gasteiger charge is 2.17. The number of aryl methyl sites for hydroxylation is 1. The lowest BCUT2D eigenvalue weighted by molar-refractivity contribution is -0.138. The minimum absolute atomic E-state index is 0.0373. The van der Waals surface area contributed by atoms with Gasteiger partial charge in [0.1, 0.15) is 0 Å². The van der Waals surface area contributed by atoms with Gasteiger partial charge in [0.15, 0.2) is 0 Å². The zero-order valence-electron chi connectivity index (χ0n) is 12.5. The summed E-state index contributed by atoms with van der Waals surface area (Å²) in [5.74, 6) is -0.794. The molecule has 0 aliphatic rings. The molecular weight excluding hydrogens is 290 g/mol. The third-order valence-corrected chi connectivity index (χ3v) is 3.67. The topological polar surface area (TPSA) is 57.6 Å². The highest BCUT2D eigenvalue weighted by atomic mass is 35.5. The lowest BCUT2D eigenvalue weighted by atomic mass is 10.1. The van der Waals surface area contributed by atoms with Crippen LogP contribution in [0.1, 0.15) is 38.7 Å². The molecule has 0 aliphatic heterocycles. The molecule has 0 saturated heterocycles. The minimum atomic E-state index is -0.831. The largest absolute Gasteiger partial charge is 0.481 e. The van der Waals surface area contributed by atoms with Gasteiger partial charge < -0.3 is 10.0 Å². The second-order valence-corrected chi connectivity index (χ2v) is 5.68. The van der Waals surface area contributed by atoms with Gasteiger partial charge >= 0.3 is 5.97 Å². The second kappa shape index (κ2) is 8.67. The molecule has 21 heavy (non-hydrogen) atoms. The van der Waals surface area contributed by atoms with Crippen LogP contribution in [0.15, 0.2) is 24.3 Å². The summed E-state index contributed by atoms with van der Waals surface area (Å²) in [6, 6.07) is 7.56. The Kier molecular flexibility index (Phi) is 7.23. The SMILES string of the molecule is CC(C)N(CCCC(=O)O)C(=O)CCc1ccccc1Cl. The van der Waals surface area contributed by atoms with E-state index in [1.807, 2.05) is 38.1 Å². The van der Waals surface area contributed by atoms with Crippen LogP contribution >= 0.6 is 11.6 Å². The van der Waals surface area contributed by atoms with Crippen LogP contribution < -0.4 is 0 Å². The quantitative estimate of drug-likeness (QED) is 0.800. The van der Waals surface area contributed by atoms with Crippen molar-refractivity contribution in [3.05, 3.63) is 34.9 Å². The van der Waals surface area contributed by atoms with E-state index in [2.05, 4.69) is 0 Å². The fourth-order valence-corrected chi connectivity index (χ4v) is 2.39. The average molecular weight is 312 g/mol. The fourth-order valence-electron chi connectivity index (χ4n) is 2.16. The van der Waals surface area contributed by atoms with E-state index in [-0.39, 0.29) is 18.4 Å². The number of benzene rings is 1. The molecule has 0 aliphatic carbocycles. The number of carbonyl (C=O) groups excluding carboxylic acids is 1. The molecule has 0 atom stereocenters. The van der Waals surface area contributed by atoms with E-state index in [0.717, 1.165) is 5.56 Å². The van der Waals surface area contributed by atoms with E-state index < -0.39 is 5.97 Å². The summed E-state index contributed by atoms with van der Waals surface area (Å²) in [6.07, 6.45) is 1.54. The van der Waals surface area contributed by atoms with Crippen molar-refractivity contribution < 1.29 is 14.7 Å². The number of nitrogens with zero attached hydrogens (tertiary/aromatic N) is 1. The number of hydrogen-bond donors (Lipinski definition) is 1. The molecule has 0 fully saturated rings. The fraction of sp³-hybridized carbons (Fsp3) is 0.500. The number of aliphatic carboxylic acids is 1. The molecule has 116 valence electrons. The van der Waals surface area contributed by atoms with E-state index in [1.54, 1.807) is 4.90 Å². The minimum Gasteiger partial charge on any atom is -0.481 e. The Morgan fingerprint density at radius 2 is 1.90 bits per heavy atom. The molecule has 4 nitrogen and oxygen atoms in total. The molecule has 1 N–H and O–H groups in total. The maximum absolute atomic E-state index is 12.3. The molecule has 0 spiro atoms. The van der Waals surface area contributed by atoms with Gasteiger partial charge in [0, 0.05) is 30.5 Å². The third kappa shape index (κ3) is 6.17. The number of carboxylic acids is 1. The van der Waals surface area contributed by atoms with Crippen LogP contribution in [0.3, 0.4) is 0 Å². The van der Waals surface area contributed by atoms with Crippen molar-refractivity contribution in [2.24, 2.45) is 0 Å². The van der Waals surface area contributed by atoms with Crippen LogP contribution in [0, 0.1) is 0 Å². The number of hydrogen-bond acceptors (Lipinski definition) is 2. The molecular formula is C16H22ClNO3. The Hall–Kier alpha value is -1.55. The summed E-state index contributed by atoms with van der Waals surface area (Å²) in [5.41, 5.74) is 0.960. The van der Waals surface area contributed by atoms with Gasteiger partial charge in [-0.2, -0.15) is 0 Å². The zero-order valence-corrected chi connectivity index (χ0v) is 13.3. The molecule has 1 rings (SSSR count). The monoisotopic (exact) mass is 311 g/mol. The van der Waals surface area contributed by atoms with E-state index in [4.69, 9.17) is 16.7 Å². The number of halogens is 1.